The maximum absolute atomic E-state index is 11.0. The molecule has 0 saturated carbocycles. The van der Waals surface area contributed by atoms with Crippen molar-refractivity contribution >= 4 is 15.7 Å². The van der Waals surface area contributed by atoms with Crippen LogP contribution in [0.5, 0.6) is 0 Å². The molecule has 66 valence electrons. The summed E-state index contributed by atoms with van der Waals surface area (Å²) in [5, 5.41) is -0.222. The lowest BCUT2D eigenvalue weighted by atomic mass is 10.4. The second-order valence-corrected chi connectivity index (χ2v) is 4.40. The Balaban J connectivity index is 3.37. The van der Waals surface area contributed by atoms with Gasteiger partial charge in [0.25, 0.3) is 0 Å². The number of nitrogens with zero attached hydrogens (tertiary/aromatic N) is 2. The Morgan fingerprint density at radius 2 is 2.00 bits per heavy atom. The minimum atomic E-state index is -3.35. The molecule has 1 rings (SSSR count). The van der Waals surface area contributed by atoms with Crippen molar-refractivity contribution in [2.75, 3.05) is 12.0 Å². The molecule has 2 N–H and O–H groups in total. The summed E-state index contributed by atoms with van der Waals surface area (Å²) in [6.07, 6.45) is 1.04. The molecule has 0 radical (unpaired) electrons. The summed E-state index contributed by atoms with van der Waals surface area (Å²) in [6.45, 7) is 1.66. The van der Waals surface area contributed by atoms with E-state index in [1.54, 1.807) is 6.92 Å². The molecular formula is C6H9N3O2S. The highest BCUT2D eigenvalue weighted by atomic mass is 32.2. The lowest BCUT2D eigenvalue weighted by molar-refractivity contribution is 0.592. The van der Waals surface area contributed by atoms with Crippen molar-refractivity contribution in [1.29, 1.82) is 0 Å². The van der Waals surface area contributed by atoms with Crippen LogP contribution >= 0.6 is 0 Å². The molecule has 0 aliphatic rings. The molecule has 0 bridgehead atoms. The number of aromatic nitrogens is 2. The van der Waals surface area contributed by atoms with Crippen LogP contribution in [0, 0.1) is 6.92 Å². The summed E-state index contributed by atoms with van der Waals surface area (Å²) in [6, 6.07) is 1.51. The van der Waals surface area contributed by atoms with Crippen LogP contribution in [-0.2, 0) is 9.84 Å². The van der Waals surface area contributed by atoms with Crippen LogP contribution in [0.25, 0.3) is 0 Å². The molecule has 0 unspecified atom stereocenters. The van der Waals surface area contributed by atoms with Gasteiger partial charge in [0, 0.05) is 18.0 Å². The van der Waals surface area contributed by atoms with Crippen molar-refractivity contribution in [2.24, 2.45) is 0 Å². The Bertz CT molecular complexity index is 379. The number of nitrogens with two attached hydrogens (primary N) is 1. The monoisotopic (exact) mass is 187 g/mol. The SMILES string of the molecule is Cc1cc(N)nc(S(C)(=O)=O)n1. The van der Waals surface area contributed by atoms with Crippen molar-refractivity contribution in [2.45, 2.75) is 12.1 Å². The quantitative estimate of drug-likeness (QED) is 0.614. The standard InChI is InChI=1S/C6H9N3O2S/c1-4-3-5(7)9-6(8-4)12(2,10)11/h3H,1-2H3,(H2,7,8,9). The Hall–Kier alpha value is -1.17. The third-order valence-corrected chi connectivity index (χ3v) is 2.03. The van der Waals surface area contributed by atoms with Gasteiger partial charge in [-0.15, -0.1) is 0 Å². The zero-order valence-electron chi connectivity index (χ0n) is 6.77. The van der Waals surface area contributed by atoms with E-state index in [0.717, 1.165) is 6.26 Å². The van der Waals surface area contributed by atoms with E-state index in [4.69, 9.17) is 5.73 Å². The average Bonchev–Trinajstić information content (AvgIpc) is 1.82. The van der Waals surface area contributed by atoms with Gasteiger partial charge in [0.15, 0.2) is 0 Å². The van der Waals surface area contributed by atoms with Crippen molar-refractivity contribution in [3.05, 3.63) is 11.8 Å². The van der Waals surface area contributed by atoms with Crippen LogP contribution in [0.3, 0.4) is 0 Å². The van der Waals surface area contributed by atoms with Crippen LogP contribution in [0.4, 0.5) is 5.82 Å². The van der Waals surface area contributed by atoms with Crippen LogP contribution in [0.2, 0.25) is 0 Å². The van der Waals surface area contributed by atoms with Gasteiger partial charge in [-0.25, -0.2) is 18.4 Å². The number of rotatable bonds is 1. The molecule has 6 heteroatoms. The normalized spacial score (nSPS) is 11.5. The minimum Gasteiger partial charge on any atom is -0.384 e. The first kappa shape index (κ1) is 8.92. The lowest BCUT2D eigenvalue weighted by Crippen LogP contribution is -2.07. The van der Waals surface area contributed by atoms with E-state index in [1.807, 2.05) is 0 Å². The second kappa shape index (κ2) is 2.71. The third-order valence-electron chi connectivity index (χ3n) is 1.19. The smallest absolute Gasteiger partial charge is 0.248 e. The van der Waals surface area contributed by atoms with E-state index in [1.165, 1.54) is 6.07 Å². The summed E-state index contributed by atoms with van der Waals surface area (Å²) < 4.78 is 21.9. The Kier molecular flexibility index (Phi) is 2.01. The predicted octanol–water partition coefficient (Wildman–Crippen LogP) is -0.229. The van der Waals surface area contributed by atoms with Gasteiger partial charge in [0.1, 0.15) is 5.82 Å². The largest absolute Gasteiger partial charge is 0.384 e. The summed E-state index contributed by atoms with van der Waals surface area (Å²) >= 11 is 0. The van der Waals surface area contributed by atoms with E-state index in [2.05, 4.69) is 9.97 Å². The second-order valence-electron chi connectivity index (χ2n) is 2.49. The van der Waals surface area contributed by atoms with Gasteiger partial charge in [-0.1, -0.05) is 0 Å². The van der Waals surface area contributed by atoms with Crippen molar-refractivity contribution < 1.29 is 8.42 Å². The molecule has 0 aliphatic heterocycles. The molecule has 1 aromatic heterocycles. The molecule has 0 amide bonds. The van der Waals surface area contributed by atoms with E-state index < -0.39 is 9.84 Å². The maximum Gasteiger partial charge on any atom is 0.248 e. The fraction of sp³-hybridized carbons (Fsp3) is 0.333. The maximum atomic E-state index is 11.0. The summed E-state index contributed by atoms with van der Waals surface area (Å²) in [5.74, 6) is 0.169. The van der Waals surface area contributed by atoms with Gasteiger partial charge in [-0.3, -0.25) is 0 Å². The first-order valence-corrected chi connectivity index (χ1v) is 5.10. The van der Waals surface area contributed by atoms with Gasteiger partial charge in [-0.05, 0) is 6.92 Å². The Morgan fingerprint density at radius 1 is 1.42 bits per heavy atom. The highest BCUT2D eigenvalue weighted by Gasteiger charge is 2.11. The Labute approximate surface area is 70.6 Å². The van der Waals surface area contributed by atoms with Crippen molar-refractivity contribution in [1.82, 2.24) is 9.97 Å². The van der Waals surface area contributed by atoms with Gasteiger partial charge in [0.05, 0.1) is 0 Å². The topological polar surface area (TPSA) is 85.9 Å². The highest BCUT2D eigenvalue weighted by Crippen LogP contribution is 2.06. The van der Waals surface area contributed by atoms with Gasteiger partial charge >= 0.3 is 0 Å². The summed E-state index contributed by atoms with van der Waals surface area (Å²) in [4.78, 5) is 7.31. The van der Waals surface area contributed by atoms with Gasteiger partial charge in [-0.2, -0.15) is 0 Å². The summed E-state index contributed by atoms with van der Waals surface area (Å²) in [7, 11) is -3.35. The van der Waals surface area contributed by atoms with Crippen LogP contribution in [0.15, 0.2) is 11.2 Å². The fourth-order valence-corrected chi connectivity index (χ4v) is 1.31. The molecule has 0 saturated heterocycles. The molecule has 5 nitrogen and oxygen atoms in total. The summed E-state index contributed by atoms with van der Waals surface area (Å²) in [5.41, 5.74) is 5.88. The van der Waals surface area contributed by atoms with Crippen molar-refractivity contribution in [3.63, 3.8) is 0 Å². The van der Waals surface area contributed by atoms with Crippen molar-refractivity contribution in [3.8, 4) is 0 Å². The number of aryl methyl sites for hydroxylation is 1. The van der Waals surface area contributed by atoms with Crippen LogP contribution in [-0.4, -0.2) is 24.6 Å². The van der Waals surface area contributed by atoms with Crippen LogP contribution in [0.1, 0.15) is 5.69 Å². The number of hydrogen-bond donors (Lipinski definition) is 1. The molecule has 0 spiro atoms. The molecular weight excluding hydrogens is 178 g/mol. The molecule has 1 aromatic rings. The van der Waals surface area contributed by atoms with E-state index in [-0.39, 0.29) is 11.0 Å². The number of anilines is 1. The fourth-order valence-electron chi connectivity index (χ4n) is 0.731. The minimum absolute atomic E-state index is 0.169. The average molecular weight is 187 g/mol. The van der Waals surface area contributed by atoms with Gasteiger partial charge < -0.3 is 5.73 Å². The van der Waals surface area contributed by atoms with E-state index >= 15 is 0 Å². The van der Waals surface area contributed by atoms with E-state index in [9.17, 15) is 8.42 Å². The molecule has 0 aliphatic carbocycles. The zero-order chi connectivity index (χ0) is 9.35. The molecule has 0 atom stereocenters. The number of sulfone groups is 1. The first-order valence-electron chi connectivity index (χ1n) is 3.21. The molecule has 1 heterocycles. The number of hydrogen-bond acceptors (Lipinski definition) is 5. The molecule has 0 aromatic carbocycles. The lowest BCUT2D eigenvalue weighted by Gasteiger charge is -1.99. The highest BCUT2D eigenvalue weighted by molar-refractivity contribution is 7.90. The van der Waals surface area contributed by atoms with Gasteiger partial charge in [0.2, 0.25) is 15.0 Å². The zero-order valence-corrected chi connectivity index (χ0v) is 7.59. The Morgan fingerprint density at radius 3 is 2.42 bits per heavy atom. The third kappa shape index (κ3) is 1.91. The first-order chi connectivity index (χ1) is 5.39. The molecule has 0 fully saturated rings. The molecule has 12 heavy (non-hydrogen) atoms. The number of nitrogen functional groups attached to an aromatic ring is 1. The van der Waals surface area contributed by atoms with E-state index in [0.29, 0.717) is 5.69 Å². The predicted molar refractivity (Wildman–Crippen MR) is 44.3 cm³/mol. The van der Waals surface area contributed by atoms with Crippen LogP contribution < -0.4 is 5.73 Å².